The van der Waals surface area contributed by atoms with E-state index in [0.29, 0.717) is 34.0 Å². The fraction of sp³-hybridized carbons (Fsp3) is 0.333. The van der Waals surface area contributed by atoms with E-state index in [1.807, 2.05) is 6.92 Å². The van der Waals surface area contributed by atoms with Crippen molar-refractivity contribution in [2.45, 2.75) is 26.0 Å². The van der Waals surface area contributed by atoms with Crippen LogP contribution in [0, 0.1) is 5.82 Å². The Morgan fingerprint density at radius 3 is 2.71 bits per heavy atom. The second kappa shape index (κ2) is 7.53. The zero-order valence-electron chi connectivity index (χ0n) is 17.9. The van der Waals surface area contributed by atoms with Crippen molar-refractivity contribution in [1.82, 2.24) is 24.6 Å². The van der Waals surface area contributed by atoms with Gasteiger partial charge in [-0.2, -0.15) is 0 Å². The maximum atomic E-state index is 14.1. The molecule has 2 unspecified atom stereocenters. The highest BCUT2D eigenvalue weighted by Gasteiger charge is 2.32. The molecule has 2 aromatic heterocycles. The number of hydrogen-bond donors (Lipinski definition) is 1. The molecule has 1 aliphatic heterocycles. The van der Waals surface area contributed by atoms with E-state index in [2.05, 4.69) is 15.1 Å². The molecule has 0 fully saturated rings. The summed E-state index contributed by atoms with van der Waals surface area (Å²) in [5.74, 6) is -0.274. The number of rotatable bonds is 1. The number of benzene rings is 1. The predicted molar refractivity (Wildman–Crippen MR) is 111 cm³/mol. The van der Waals surface area contributed by atoms with Crippen molar-refractivity contribution in [2.24, 2.45) is 7.05 Å². The van der Waals surface area contributed by atoms with E-state index in [1.165, 1.54) is 31.5 Å². The molecule has 0 saturated carbocycles. The Labute approximate surface area is 178 Å². The van der Waals surface area contributed by atoms with Crippen LogP contribution in [0.1, 0.15) is 47.6 Å². The molecule has 0 radical (unpaired) electrons. The maximum absolute atomic E-state index is 14.1. The number of ether oxygens (including phenoxy) is 2. The molecule has 0 aliphatic carbocycles. The molecule has 1 aromatic carbocycles. The number of anilines is 1. The molecule has 0 spiro atoms. The highest BCUT2D eigenvalue weighted by Crippen LogP contribution is 2.39. The first-order valence-electron chi connectivity index (χ1n) is 9.70. The number of amides is 1. The summed E-state index contributed by atoms with van der Waals surface area (Å²) < 4.78 is 27.1. The molecule has 2 N–H and O–H groups in total. The third kappa shape index (κ3) is 3.33. The molecule has 3 aromatic rings. The molecular formula is C21H23FN6O3. The number of carbonyl (C=O) groups excluding carboxylic acids is 1. The first-order chi connectivity index (χ1) is 14.7. The summed E-state index contributed by atoms with van der Waals surface area (Å²) in [6, 6.07) is 3.58. The Balaban J connectivity index is 2.02. The number of hydrogen-bond acceptors (Lipinski definition) is 7. The van der Waals surface area contributed by atoms with Crippen molar-refractivity contribution in [1.29, 1.82) is 0 Å². The summed E-state index contributed by atoms with van der Waals surface area (Å²) in [5.41, 5.74) is 8.42. The van der Waals surface area contributed by atoms with Crippen molar-refractivity contribution >= 4 is 11.7 Å². The van der Waals surface area contributed by atoms with Crippen LogP contribution in [0.4, 0.5) is 10.2 Å². The Morgan fingerprint density at radius 2 is 2.00 bits per heavy atom. The Kier molecular flexibility index (Phi) is 5.00. The van der Waals surface area contributed by atoms with Crippen molar-refractivity contribution in [2.75, 3.05) is 19.9 Å². The van der Waals surface area contributed by atoms with Gasteiger partial charge in [-0.15, -0.1) is 5.10 Å². The lowest BCUT2D eigenvalue weighted by molar-refractivity contribution is 0.0732. The SMILES string of the molecule is COc1nn(C)c2c1-c1cnc(N)c(n1)OC(C)c1cc(F)ccc1C(=O)N(C)C2C. The van der Waals surface area contributed by atoms with Crippen molar-refractivity contribution in [3.05, 3.63) is 47.0 Å². The first kappa shape index (κ1) is 20.6. The van der Waals surface area contributed by atoms with Crippen LogP contribution in [-0.4, -0.2) is 44.7 Å². The molecule has 3 heterocycles. The number of fused-ring (bicyclic) bond motifs is 5. The third-order valence-electron chi connectivity index (χ3n) is 5.54. The molecule has 1 amide bonds. The van der Waals surface area contributed by atoms with Crippen LogP contribution in [0.5, 0.6) is 11.8 Å². The summed E-state index contributed by atoms with van der Waals surface area (Å²) in [4.78, 5) is 23.8. The van der Waals surface area contributed by atoms with Gasteiger partial charge in [-0.1, -0.05) is 0 Å². The maximum Gasteiger partial charge on any atom is 0.258 e. The minimum Gasteiger partial charge on any atom is -0.479 e. The molecular weight excluding hydrogens is 403 g/mol. The molecule has 2 atom stereocenters. The summed E-state index contributed by atoms with van der Waals surface area (Å²) in [7, 11) is 4.95. The van der Waals surface area contributed by atoms with Crippen molar-refractivity contribution in [3.63, 3.8) is 0 Å². The van der Waals surface area contributed by atoms with Gasteiger partial charge < -0.3 is 20.1 Å². The van der Waals surface area contributed by atoms with E-state index < -0.39 is 18.0 Å². The summed E-state index contributed by atoms with van der Waals surface area (Å²) in [6.45, 7) is 3.57. The largest absolute Gasteiger partial charge is 0.479 e. The van der Waals surface area contributed by atoms with Crippen LogP contribution in [0.3, 0.4) is 0 Å². The van der Waals surface area contributed by atoms with Gasteiger partial charge in [0.05, 0.1) is 30.6 Å². The van der Waals surface area contributed by atoms with E-state index in [-0.39, 0.29) is 17.6 Å². The highest BCUT2D eigenvalue weighted by atomic mass is 19.1. The van der Waals surface area contributed by atoms with Crippen LogP contribution < -0.4 is 15.2 Å². The number of aromatic nitrogens is 4. The molecule has 4 rings (SSSR count). The Morgan fingerprint density at radius 1 is 1.26 bits per heavy atom. The lowest BCUT2D eigenvalue weighted by Crippen LogP contribution is -2.32. The molecule has 162 valence electrons. The van der Waals surface area contributed by atoms with Crippen LogP contribution in [0.2, 0.25) is 0 Å². The van der Waals surface area contributed by atoms with Crippen molar-refractivity contribution < 1.29 is 18.7 Å². The van der Waals surface area contributed by atoms with E-state index in [4.69, 9.17) is 15.2 Å². The van der Waals surface area contributed by atoms with Crippen molar-refractivity contribution in [3.8, 4) is 23.0 Å². The average Bonchev–Trinajstić information content (AvgIpc) is 3.09. The average molecular weight is 426 g/mol. The van der Waals surface area contributed by atoms with E-state index >= 15 is 0 Å². The van der Waals surface area contributed by atoms with Gasteiger partial charge >= 0.3 is 0 Å². The summed E-state index contributed by atoms with van der Waals surface area (Å²) in [5, 5.41) is 4.43. The second-order valence-corrected chi connectivity index (χ2v) is 7.42. The fourth-order valence-electron chi connectivity index (χ4n) is 3.81. The minimum atomic E-state index is -0.708. The smallest absolute Gasteiger partial charge is 0.258 e. The predicted octanol–water partition coefficient (Wildman–Crippen LogP) is 2.89. The van der Waals surface area contributed by atoms with Gasteiger partial charge in [0.15, 0.2) is 5.82 Å². The Hall–Kier alpha value is -3.69. The van der Waals surface area contributed by atoms with Gasteiger partial charge in [0.25, 0.3) is 11.8 Å². The molecule has 2 bridgehead atoms. The number of carbonyl (C=O) groups is 1. The van der Waals surface area contributed by atoms with Gasteiger partial charge in [0, 0.05) is 25.2 Å². The molecule has 31 heavy (non-hydrogen) atoms. The van der Waals surface area contributed by atoms with Gasteiger partial charge in [-0.05, 0) is 32.0 Å². The first-order valence-corrected chi connectivity index (χ1v) is 9.70. The normalized spacial score (nSPS) is 18.4. The quantitative estimate of drug-likeness (QED) is 0.637. The number of nitrogens with zero attached hydrogens (tertiary/aromatic N) is 5. The monoisotopic (exact) mass is 426 g/mol. The molecule has 1 aliphatic rings. The lowest BCUT2D eigenvalue weighted by atomic mass is 10.00. The van der Waals surface area contributed by atoms with Crippen LogP contribution in [-0.2, 0) is 7.05 Å². The second-order valence-electron chi connectivity index (χ2n) is 7.42. The summed E-state index contributed by atoms with van der Waals surface area (Å²) >= 11 is 0. The van der Waals surface area contributed by atoms with E-state index in [9.17, 15) is 9.18 Å². The van der Waals surface area contributed by atoms with Crippen LogP contribution >= 0.6 is 0 Å². The number of halogens is 1. The topological polar surface area (TPSA) is 108 Å². The van der Waals surface area contributed by atoms with Crippen LogP contribution in [0.25, 0.3) is 11.3 Å². The number of nitrogen functional groups attached to an aromatic ring is 1. The Bertz CT molecular complexity index is 1180. The molecule has 0 saturated heterocycles. The number of methoxy groups -OCH3 is 1. The van der Waals surface area contributed by atoms with Gasteiger partial charge in [0.1, 0.15) is 17.6 Å². The minimum absolute atomic E-state index is 0.0751. The zero-order valence-corrected chi connectivity index (χ0v) is 17.9. The van der Waals surface area contributed by atoms with Gasteiger partial charge in [-0.3, -0.25) is 9.48 Å². The molecule has 9 nitrogen and oxygen atoms in total. The van der Waals surface area contributed by atoms with E-state index in [1.54, 1.807) is 30.6 Å². The number of nitrogens with two attached hydrogens (primary N) is 1. The number of aryl methyl sites for hydroxylation is 1. The van der Waals surface area contributed by atoms with E-state index in [0.717, 1.165) is 0 Å². The van der Waals surface area contributed by atoms with Crippen LogP contribution in [0.15, 0.2) is 24.4 Å². The third-order valence-corrected chi connectivity index (χ3v) is 5.54. The van der Waals surface area contributed by atoms with Gasteiger partial charge in [-0.25, -0.2) is 14.4 Å². The van der Waals surface area contributed by atoms with Gasteiger partial charge in [0.2, 0.25) is 5.88 Å². The standard InChI is InChI=1S/C21H23FN6O3/c1-10-17-16(19(30-5)26-28(17)4)15-9-24-18(23)20(25-15)31-11(2)14-8-12(22)6-7-13(14)21(29)27(10)3/h6-11H,1-5H3,(H2,23,24). The molecule has 10 heteroatoms. The lowest BCUT2D eigenvalue weighted by Gasteiger charge is -2.28. The fourth-order valence-corrected chi connectivity index (χ4v) is 3.81. The summed E-state index contributed by atoms with van der Waals surface area (Å²) in [6.07, 6.45) is 0.795. The highest BCUT2D eigenvalue weighted by molar-refractivity contribution is 5.96. The zero-order chi connectivity index (χ0) is 22.4.